The van der Waals surface area contributed by atoms with E-state index >= 15 is 0 Å². The van der Waals surface area contributed by atoms with Gasteiger partial charge in [0.25, 0.3) is 0 Å². The van der Waals surface area contributed by atoms with E-state index in [0.29, 0.717) is 17.6 Å². The van der Waals surface area contributed by atoms with Crippen LogP contribution in [0.1, 0.15) is 50.2 Å². The van der Waals surface area contributed by atoms with Crippen molar-refractivity contribution in [3.8, 4) is 0 Å². The Morgan fingerprint density at radius 2 is 2.12 bits per heavy atom. The first-order valence-corrected chi connectivity index (χ1v) is 7.28. The molecule has 0 aliphatic heterocycles. The number of Topliss-reactive ketones (excluding diaryl/α,β-unsaturated/α-hetero) is 1. The first-order valence-electron chi connectivity index (χ1n) is 6.40. The minimum Gasteiger partial charge on any atom is -0.299 e. The van der Waals surface area contributed by atoms with Gasteiger partial charge in [0.05, 0.1) is 6.42 Å². The third-order valence-corrected chi connectivity index (χ3v) is 4.75. The van der Waals surface area contributed by atoms with Crippen LogP contribution in [0, 0.1) is 18.3 Å². The highest BCUT2D eigenvalue weighted by Gasteiger charge is 2.30. The Labute approximate surface area is 107 Å². The highest BCUT2D eigenvalue weighted by molar-refractivity contribution is 7.09. The van der Waals surface area contributed by atoms with Gasteiger partial charge in [-0.2, -0.15) is 0 Å². The second-order valence-electron chi connectivity index (χ2n) is 5.96. The monoisotopic (exact) mass is 251 g/mol. The molecule has 0 bridgehead atoms. The van der Waals surface area contributed by atoms with E-state index in [9.17, 15) is 4.79 Å². The highest BCUT2D eigenvalue weighted by Crippen LogP contribution is 2.38. The molecule has 2 rings (SSSR count). The predicted molar refractivity (Wildman–Crippen MR) is 71.3 cm³/mol. The number of aromatic nitrogens is 1. The maximum atomic E-state index is 12.2. The first kappa shape index (κ1) is 12.7. The fourth-order valence-electron chi connectivity index (χ4n) is 2.50. The van der Waals surface area contributed by atoms with Crippen molar-refractivity contribution in [2.75, 3.05) is 0 Å². The molecule has 1 fully saturated rings. The van der Waals surface area contributed by atoms with Crippen molar-refractivity contribution in [2.45, 2.75) is 52.9 Å². The van der Waals surface area contributed by atoms with Gasteiger partial charge in [0.15, 0.2) is 0 Å². The predicted octanol–water partition coefficient (Wildman–Crippen LogP) is 3.78. The molecule has 0 saturated heterocycles. The van der Waals surface area contributed by atoms with Gasteiger partial charge < -0.3 is 0 Å². The highest BCUT2D eigenvalue weighted by atomic mass is 32.1. The van der Waals surface area contributed by atoms with E-state index in [1.165, 1.54) is 12.8 Å². The minimum atomic E-state index is 0.284. The minimum absolute atomic E-state index is 0.284. The third kappa shape index (κ3) is 3.38. The van der Waals surface area contributed by atoms with E-state index in [0.717, 1.165) is 23.5 Å². The number of nitrogens with zero attached hydrogens (tertiary/aromatic N) is 1. The SMILES string of the molecule is Cc1csc(CC(=O)C2CCC(C)(C)CC2)n1. The number of ketones is 1. The number of carbonyl (C=O) groups excluding carboxylic acids is 1. The lowest BCUT2D eigenvalue weighted by atomic mass is 9.72. The average Bonchev–Trinajstić information content (AvgIpc) is 2.63. The Balaban J connectivity index is 1.89. The molecule has 0 spiro atoms. The molecular formula is C14H21NOS. The number of hydrogen-bond donors (Lipinski definition) is 0. The summed E-state index contributed by atoms with van der Waals surface area (Å²) in [6.45, 7) is 6.59. The average molecular weight is 251 g/mol. The number of rotatable bonds is 3. The number of carbonyl (C=O) groups is 1. The molecule has 1 aliphatic rings. The van der Waals surface area contributed by atoms with Crippen molar-refractivity contribution in [3.63, 3.8) is 0 Å². The van der Waals surface area contributed by atoms with Gasteiger partial charge in [0, 0.05) is 17.0 Å². The quantitative estimate of drug-likeness (QED) is 0.818. The Morgan fingerprint density at radius 3 is 2.65 bits per heavy atom. The van der Waals surface area contributed by atoms with Crippen LogP contribution in [0.3, 0.4) is 0 Å². The Morgan fingerprint density at radius 1 is 1.47 bits per heavy atom. The molecule has 94 valence electrons. The largest absolute Gasteiger partial charge is 0.299 e. The lowest BCUT2D eigenvalue weighted by molar-refractivity contribution is -0.123. The fraction of sp³-hybridized carbons (Fsp3) is 0.714. The van der Waals surface area contributed by atoms with Crippen LogP contribution in [0.4, 0.5) is 0 Å². The van der Waals surface area contributed by atoms with Crippen LogP contribution in [-0.2, 0) is 11.2 Å². The summed E-state index contributed by atoms with van der Waals surface area (Å²) in [5.74, 6) is 0.682. The van der Waals surface area contributed by atoms with Gasteiger partial charge in [-0.1, -0.05) is 13.8 Å². The van der Waals surface area contributed by atoms with Gasteiger partial charge in [-0.3, -0.25) is 4.79 Å². The molecule has 1 aromatic rings. The summed E-state index contributed by atoms with van der Waals surface area (Å²) >= 11 is 1.61. The maximum Gasteiger partial charge on any atom is 0.142 e. The summed E-state index contributed by atoms with van der Waals surface area (Å²) in [5, 5.41) is 3.00. The Hall–Kier alpha value is -0.700. The van der Waals surface area contributed by atoms with Crippen LogP contribution in [0.25, 0.3) is 0 Å². The van der Waals surface area contributed by atoms with Gasteiger partial charge in [-0.15, -0.1) is 11.3 Å². The number of thiazole rings is 1. The molecule has 0 atom stereocenters. The Kier molecular flexibility index (Phi) is 3.67. The molecule has 0 amide bonds. The normalized spacial score (nSPS) is 20.4. The second-order valence-corrected chi connectivity index (χ2v) is 6.91. The molecule has 0 aromatic carbocycles. The second kappa shape index (κ2) is 4.89. The lowest BCUT2D eigenvalue weighted by Crippen LogP contribution is -2.27. The standard InChI is InChI=1S/C14H21NOS/c1-10-9-17-13(15-10)8-12(16)11-4-6-14(2,3)7-5-11/h9,11H,4-8H2,1-3H3. The molecule has 1 aliphatic carbocycles. The van der Waals surface area contributed by atoms with Crippen LogP contribution in [0.15, 0.2) is 5.38 Å². The summed E-state index contributed by atoms with van der Waals surface area (Å²) in [6, 6.07) is 0. The summed E-state index contributed by atoms with van der Waals surface area (Å²) in [6.07, 6.45) is 5.04. The van der Waals surface area contributed by atoms with E-state index in [2.05, 4.69) is 18.8 Å². The maximum absolute atomic E-state index is 12.2. The van der Waals surface area contributed by atoms with E-state index in [4.69, 9.17) is 0 Å². The van der Waals surface area contributed by atoms with Crippen LogP contribution < -0.4 is 0 Å². The summed E-state index contributed by atoms with van der Waals surface area (Å²) in [4.78, 5) is 16.5. The van der Waals surface area contributed by atoms with Crippen molar-refractivity contribution in [1.82, 2.24) is 4.98 Å². The molecule has 0 radical (unpaired) electrons. The smallest absolute Gasteiger partial charge is 0.142 e. The van der Waals surface area contributed by atoms with E-state index in [1.807, 2.05) is 12.3 Å². The molecule has 17 heavy (non-hydrogen) atoms. The zero-order valence-corrected chi connectivity index (χ0v) is 11.8. The zero-order valence-electron chi connectivity index (χ0n) is 11.0. The molecule has 0 N–H and O–H groups in total. The van der Waals surface area contributed by atoms with Crippen LogP contribution in [-0.4, -0.2) is 10.8 Å². The number of hydrogen-bond acceptors (Lipinski definition) is 3. The van der Waals surface area contributed by atoms with Crippen molar-refractivity contribution >= 4 is 17.1 Å². The molecule has 1 aromatic heterocycles. The van der Waals surface area contributed by atoms with E-state index in [-0.39, 0.29) is 5.92 Å². The first-order chi connectivity index (χ1) is 7.96. The van der Waals surface area contributed by atoms with Crippen molar-refractivity contribution in [2.24, 2.45) is 11.3 Å². The van der Waals surface area contributed by atoms with Crippen molar-refractivity contribution < 1.29 is 4.79 Å². The summed E-state index contributed by atoms with van der Waals surface area (Å²) in [7, 11) is 0. The molecule has 1 saturated carbocycles. The Bertz CT molecular complexity index is 398. The van der Waals surface area contributed by atoms with Gasteiger partial charge in [-0.25, -0.2) is 4.98 Å². The van der Waals surface area contributed by atoms with Crippen LogP contribution >= 0.6 is 11.3 Å². The topological polar surface area (TPSA) is 30.0 Å². The van der Waals surface area contributed by atoms with E-state index < -0.39 is 0 Å². The zero-order chi connectivity index (χ0) is 12.5. The summed E-state index contributed by atoms with van der Waals surface area (Å²) < 4.78 is 0. The summed E-state index contributed by atoms with van der Waals surface area (Å²) in [5.41, 5.74) is 1.47. The van der Waals surface area contributed by atoms with Gasteiger partial charge in [0.2, 0.25) is 0 Å². The molecule has 0 unspecified atom stereocenters. The van der Waals surface area contributed by atoms with Crippen LogP contribution in [0.5, 0.6) is 0 Å². The van der Waals surface area contributed by atoms with Gasteiger partial charge in [0.1, 0.15) is 10.8 Å². The van der Waals surface area contributed by atoms with E-state index in [1.54, 1.807) is 11.3 Å². The van der Waals surface area contributed by atoms with Crippen LogP contribution in [0.2, 0.25) is 0 Å². The molecule has 2 nitrogen and oxygen atoms in total. The van der Waals surface area contributed by atoms with Gasteiger partial charge >= 0.3 is 0 Å². The van der Waals surface area contributed by atoms with Crippen molar-refractivity contribution in [3.05, 3.63) is 16.1 Å². The molecule has 1 heterocycles. The fourth-order valence-corrected chi connectivity index (χ4v) is 3.28. The lowest BCUT2D eigenvalue weighted by Gasteiger charge is -2.33. The van der Waals surface area contributed by atoms with Crippen molar-refractivity contribution in [1.29, 1.82) is 0 Å². The third-order valence-electron chi connectivity index (χ3n) is 3.79. The molecular weight excluding hydrogens is 230 g/mol. The van der Waals surface area contributed by atoms with Gasteiger partial charge in [-0.05, 0) is 38.0 Å². The number of aryl methyl sites for hydroxylation is 1. The molecule has 3 heteroatoms.